The van der Waals surface area contributed by atoms with Crippen LogP contribution >= 0.6 is 0 Å². The van der Waals surface area contributed by atoms with Crippen molar-refractivity contribution in [1.82, 2.24) is 10.6 Å². The molecule has 3 rings (SSSR count). The molecule has 1 heterocycles. The maximum Gasteiger partial charge on any atom is 0.261 e. The fourth-order valence-corrected chi connectivity index (χ4v) is 5.85. The predicted octanol–water partition coefficient (Wildman–Crippen LogP) is 1.04. The van der Waals surface area contributed by atoms with E-state index in [1.807, 2.05) is 0 Å². The predicted molar refractivity (Wildman–Crippen MR) is 116 cm³/mol. The Bertz CT molecular complexity index is 1190. The molecule has 2 aromatic rings. The van der Waals surface area contributed by atoms with E-state index in [2.05, 4.69) is 15.4 Å². The van der Waals surface area contributed by atoms with Crippen molar-refractivity contribution in [2.45, 2.75) is 30.8 Å². The standard InChI is InChI=1S/C20H23N3O6S2/c1-14(24)21-12-15-5-7-19(8-6-15)31(28,29)23-17-4-2-3-16(11-17)20(25)22-18-9-10-30(26,27)13-18/h2-8,11,18,23H,9-10,12-13H2,1H3,(H,21,24)(H,22,25)/t18-/m0/s1. The van der Waals surface area contributed by atoms with Gasteiger partial charge in [0.05, 0.1) is 16.4 Å². The van der Waals surface area contributed by atoms with Crippen molar-refractivity contribution in [3.8, 4) is 0 Å². The van der Waals surface area contributed by atoms with Crippen LogP contribution in [0.25, 0.3) is 0 Å². The quantitative estimate of drug-likeness (QED) is 0.558. The number of amides is 2. The fourth-order valence-electron chi connectivity index (χ4n) is 3.13. The average Bonchev–Trinajstić information content (AvgIpc) is 3.04. The van der Waals surface area contributed by atoms with Crippen molar-refractivity contribution < 1.29 is 26.4 Å². The van der Waals surface area contributed by atoms with Gasteiger partial charge in [-0.05, 0) is 42.3 Å². The molecule has 0 radical (unpaired) electrons. The van der Waals surface area contributed by atoms with E-state index in [4.69, 9.17) is 0 Å². The van der Waals surface area contributed by atoms with Gasteiger partial charge in [-0.1, -0.05) is 18.2 Å². The molecule has 11 heteroatoms. The Morgan fingerprint density at radius 1 is 1.10 bits per heavy atom. The average molecular weight is 466 g/mol. The van der Waals surface area contributed by atoms with Gasteiger partial charge in [0.2, 0.25) is 5.91 Å². The van der Waals surface area contributed by atoms with Crippen LogP contribution in [0.5, 0.6) is 0 Å². The molecular formula is C20H23N3O6S2. The lowest BCUT2D eigenvalue weighted by atomic mass is 10.1. The van der Waals surface area contributed by atoms with E-state index in [0.29, 0.717) is 13.0 Å². The highest BCUT2D eigenvalue weighted by Crippen LogP contribution is 2.19. The van der Waals surface area contributed by atoms with Gasteiger partial charge in [0.15, 0.2) is 9.84 Å². The third-order valence-corrected chi connectivity index (χ3v) is 7.88. The first kappa shape index (κ1) is 22.8. The van der Waals surface area contributed by atoms with Crippen molar-refractivity contribution in [3.05, 3.63) is 59.7 Å². The number of sulfonamides is 1. The molecule has 1 atom stereocenters. The van der Waals surface area contributed by atoms with E-state index in [0.717, 1.165) is 5.56 Å². The molecule has 0 aromatic heterocycles. The minimum absolute atomic E-state index is 0.0325. The smallest absolute Gasteiger partial charge is 0.261 e. The lowest BCUT2D eigenvalue weighted by molar-refractivity contribution is -0.119. The Labute approximate surface area is 181 Å². The van der Waals surface area contributed by atoms with Crippen LogP contribution in [0.3, 0.4) is 0 Å². The minimum Gasteiger partial charge on any atom is -0.352 e. The summed E-state index contributed by atoms with van der Waals surface area (Å²) in [4.78, 5) is 23.4. The van der Waals surface area contributed by atoms with E-state index < -0.39 is 31.8 Å². The highest BCUT2D eigenvalue weighted by molar-refractivity contribution is 7.92. The summed E-state index contributed by atoms with van der Waals surface area (Å²) in [6, 6.07) is 11.6. The van der Waals surface area contributed by atoms with Gasteiger partial charge in [-0.25, -0.2) is 16.8 Å². The molecular weight excluding hydrogens is 442 g/mol. The van der Waals surface area contributed by atoms with Gasteiger partial charge in [-0.3, -0.25) is 14.3 Å². The number of nitrogens with one attached hydrogen (secondary N) is 3. The van der Waals surface area contributed by atoms with Gasteiger partial charge < -0.3 is 10.6 Å². The molecule has 0 bridgehead atoms. The van der Waals surface area contributed by atoms with Crippen LogP contribution in [0.2, 0.25) is 0 Å². The first-order chi connectivity index (χ1) is 14.5. The summed E-state index contributed by atoms with van der Waals surface area (Å²) in [5, 5.41) is 5.30. The molecule has 9 nitrogen and oxygen atoms in total. The van der Waals surface area contributed by atoms with Gasteiger partial charge in [-0.2, -0.15) is 0 Å². The molecule has 0 unspecified atom stereocenters. The second kappa shape index (κ2) is 9.06. The van der Waals surface area contributed by atoms with Crippen LogP contribution in [0, 0.1) is 0 Å². The number of carbonyl (C=O) groups excluding carboxylic acids is 2. The number of rotatable bonds is 7. The van der Waals surface area contributed by atoms with Crippen LogP contribution in [0.1, 0.15) is 29.3 Å². The zero-order valence-electron chi connectivity index (χ0n) is 16.8. The second-order valence-electron chi connectivity index (χ2n) is 7.31. The summed E-state index contributed by atoms with van der Waals surface area (Å²) in [6.07, 6.45) is 0.359. The minimum atomic E-state index is -3.89. The maximum absolute atomic E-state index is 12.7. The molecule has 0 spiro atoms. The Balaban J connectivity index is 1.68. The first-order valence-electron chi connectivity index (χ1n) is 9.52. The van der Waals surface area contributed by atoms with Gasteiger partial charge in [0.25, 0.3) is 15.9 Å². The molecule has 31 heavy (non-hydrogen) atoms. The fraction of sp³-hybridized carbons (Fsp3) is 0.300. The van der Waals surface area contributed by atoms with E-state index >= 15 is 0 Å². The first-order valence-corrected chi connectivity index (χ1v) is 12.8. The highest BCUT2D eigenvalue weighted by Gasteiger charge is 2.29. The van der Waals surface area contributed by atoms with Crippen LogP contribution in [-0.2, 0) is 31.2 Å². The van der Waals surface area contributed by atoms with Crippen LogP contribution in [-0.4, -0.2) is 46.2 Å². The van der Waals surface area contributed by atoms with Crippen molar-refractivity contribution in [2.24, 2.45) is 0 Å². The Hall–Kier alpha value is -2.92. The normalized spacial score (nSPS) is 17.6. The number of sulfone groups is 1. The molecule has 1 saturated heterocycles. The van der Waals surface area contributed by atoms with E-state index in [1.165, 1.54) is 43.3 Å². The number of benzene rings is 2. The van der Waals surface area contributed by atoms with Gasteiger partial charge in [-0.15, -0.1) is 0 Å². The van der Waals surface area contributed by atoms with Crippen molar-refractivity contribution in [3.63, 3.8) is 0 Å². The second-order valence-corrected chi connectivity index (χ2v) is 11.2. The third-order valence-electron chi connectivity index (χ3n) is 4.72. The van der Waals surface area contributed by atoms with Crippen molar-refractivity contribution in [1.29, 1.82) is 0 Å². The number of carbonyl (C=O) groups is 2. The van der Waals surface area contributed by atoms with Crippen LogP contribution < -0.4 is 15.4 Å². The van der Waals surface area contributed by atoms with Gasteiger partial charge in [0, 0.05) is 30.8 Å². The molecule has 0 aliphatic carbocycles. The number of hydrogen-bond acceptors (Lipinski definition) is 6. The maximum atomic E-state index is 12.7. The Morgan fingerprint density at radius 2 is 1.81 bits per heavy atom. The summed E-state index contributed by atoms with van der Waals surface area (Å²) in [5.41, 5.74) is 1.17. The molecule has 166 valence electrons. The summed E-state index contributed by atoms with van der Waals surface area (Å²) in [7, 11) is -7.01. The van der Waals surface area contributed by atoms with Crippen LogP contribution in [0.15, 0.2) is 53.4 Å². The van der Waals surface area contributed by atoms with Crippen molar-refractivity contribution >= 4 is 37.4 Å². The summed E-state index contributed by atoms with van der Waals surface area (Å²) in [5.74, 6) is -0.702. The molecule has 1 aliphatic rings. The summed E-state index contributed by atoms with van der Waals surface area (Å²) < 4.78 is 50.8. The van der Waals surface area contributed by atoms with Gasteiger partial charge in [0.1, 0.15) is 0 Å². The lowest BCUT2D eigenvalue weighted by Crippen LogP contribution is -2.35. The molecule has 0 saturated carbocycles. The largest absolute Gasteiger partial charge is 0.352 e. The van der Waals surface area contributed by atoms with Crippen molar-refractivity contribution in [2.75, 3.05) is 16.2 Å². The molecule has 1 fully saturated rings. The molecule has 3 N–H and O–H groups in total. The number of anilines is 1. The monoisotopic (exact) mass is 465 g/mol. The zero-order valence-corrected chi connectivity index (χ0v) is 18.4. The highest BCUT2D eigenvalue weighted by atomic mass is 32.2. The van der Waals surface area contributed by atoms with E-state index in [1.54, 1.807) is 12.1 Å². The summed E-state index contributed by atoms with van der Waals surface area (Å²) in [6.45, 7) is 1.69. The molecule has 2 aromatic carbocycles. The topological polar surface area (TPSA) is 139 Å². The molecule has 2 amide bonds. The van der Waals surface area contributed by atoms with Crippen LogP contribution in [0.4, 0.5) is 5.69 Å². The SMILES string of the molecule is CC(=O)NCc1ccc(S(=O)(=O)Nc2cccc(C(=O)N[C@H]3CCS(=O)(=O)C3)c2)cc1. The third kappa shape index (κ3) is 6.28. The Kier molecular flexibility index (Phi) is 6.65. The number of hydrogen-bond donors (Lipinski definition) is 3. The Morgan fingerprint density at radius 3 is 2.42 bits per heavy atom. The molecule has 1 aliphatic heterocycles. The summed E-state index contributed by atoms with van der Waals surface area (Å²) >= 11 is 0. The zero-order chi connectivity index (χ0) is 22.6. The lowest BCUT2D eigenvalue weighted by Gasteiger charge is -2.13. The van der Waals surface area contributed by atoms with E-state index in [-0.39, 0.29) is 33.6 Å². The van der Waals surface area contributed by atoms with Gasteiger partial charge >= 0.3 is 0 Å². The van der Waals surface area contributed by atoms with E-state index in [9.17, 15) is 26.4 Å².